The van der Waals surface area contributed by atoms with Gasteiger partial charge in [-0.15, -0.1) is 0 Å². The van der Waals surface area contributed by atoms with Crippen molar-refractivity contribution in [3.63, 3.8) is 0 Å². The number of amides is 1. The predicted octanol–water partition coefficient (Wildman–Crippen LogP) is 2.91. The summed E-state index contributed by atoms with van der Waals surface area (Å²) in [6.45, 7) is 4.56. The van der Waals surface area contributed by atoms with E-state index in [-0.39, 0.29) is 30.6 Å². The number of rotatable bonds is 9. The number of methoxy groups -OCH3 is 1. The van der Waals surface area contributed by atoms with Gasteiger partial charge < -0.3 is 15.8 Å². The van der Waals surface area contributed by atoms with Crippen LogP contribution in [0.2, 0.25) is 0 Å². The van der Waals surface area contributed by atoms with Crippen molar-refractivity contribution < 1.29 is 14.3 Å². The molecule has 5 nitrogen and oxygen atoms in total. The monoisotopic (exact) mass is 384 g/mol. The van der Waals surface area contributed by atoms with E-state index in [1.165, 1.54) is 7.11 Å². The SMILES string of the molecule is COc1ccc(Br)cc1C(=O)CCC(=O)NC(CN)CC(C)C. The highest BCUT2D eigenvalue weighted by Crippen LogP contribution is 2.24. The molecule has 0 saturated heterocycles. The zero-order valence-electron chi connectivity index (χ0n) is 13.9. The topological polar surface area (TPSA) is 81.4 Å². The standard InChI is InChI=1S/C17H25BrN2O3/c1-11(2)8-13(10-19)20-17(22)7-5-15(21)14-9-12(18)4-6-16(14)23-3/h4,6,9,11,13H,5,7-8,10,19H2,1-3H3,(H,20,22). The zero-order chi connectivity index (χ0) is 17.4. The summed E-state index contributed by atoms with van der Waals surface area (Å²) in [5.74, 6) is 0.699. The average Bonchev–Trinajstić information content (AvgIpc) is 2.51. The lowest BCUT2D eigenvalue weighted by molar-refractivity contribution is -0.121. The molecule has 1 unspecified atom stereocenters. The van der Waals surface area contributed by atoms with Gasteiger partial charge in [0.25, 0.3) is 0 Å². The van der Waals surface area contributed by atoms with Crippen LogP contribution in [0.1, 0.15) is 43.5 Å². The fraction of sp³-hybridized carbons (Fsp3) is 0.529. The Hall–Kier alpha value is -1.40. The molecule has 1 aromatic rings. The first-order valence-electron chi connectivity index (χ1n) is 7.73. The molecule has 6 heteroatoms. The minimum Gasteiger partial charge on any atom is -0.496 e. The van der Waals surface area contributed by atoms with Crippen molar-refractivity contribution in [3.05, 3.63) is 28.2 Å². The summed E-state index contributed by atoms with van der Waals surface area (Å²) < 4.78 is 5.99. The summed E-state index contributed by atoms with van der Waals surface area (Å²) in [6, 6.07) is 5.20. The normalized spacial score (nSPS) is 12.1. The Balaban J connectivity index is 2.59. The summed E-state index contributed by atoms with van der Waals surface area (Å²) in [4.78, 5) is 24.3. The lowest BCUT2D eigenvalue weighted by Crippen LogP contribution is -2.41. The van der Waals surface area contributed by atoms with Gasteiger partial charge in [0.1, 0.15) is 5.75 Å². The van der Waals surface area contributed by atoms with Crippen molar-refractivity contribution in [2.75, 3.05) is 13.7 Å². The number of carbonyl (C=O) groups excluding carboxylic acids is 2. The molecule has 0 aliphatic rings. The second kappa shape index (κ2) is 9.67. The van der Waals surface area contributed by atoms with E-state index in [4.69, 9.17) is 10.5 Å². The molecule has 1 aromatic carbocycles. The van der Waals surface area contributed by atoms with E-state index in [1.807, 2.05) is 0 Å². The Labute approximate surface area is 146 Å². The number of ether oxygens (including phenoxy) is 1. The highest BCUT2D eigenvalue weighted by molar-refractivity contribution is 9.10. The quantitative estimate of drug-likeness (QED) is 0.641. The van der Waals surface area contributed by atoms with Gasteiger partial charge in [-0.3, -0.25) is 9.59 Å². The van der Waals surface area contributed by atoms with Crippen molar-refractivity contribution in [3.8, 4) is 5.75 Å². The number of nitrogens with one attached hydrogen (secondary N) is 1. The van der Waals surface area contributed by atoms with E-state index < -0.39 is 0 Å². The van der Waals surface area contributed by atoms with Crippen LogP contribution in [0.3, 0.4) is 0 Å². The fourth-order valence-corrected chi connectivity index (χ4v) is 2.70. The average molecular weight is 385 g/mol. The van der Waals surface area contributed by atoms with Gasteiger partial charge in [-0.1, -0.05) is 29.8 Å². The van der Waals surface area contributed by atoms with E-state index in [9.17, 15) is 9.59 Å². The Kier molecular flexibility index (Phi) is 8.26. The van der Waals surface area contributed by atoms with Crippen molar-refractivity contribution in [1.82, 2.24) is 5.32 Å². The second-order valence-electron chi connectivity index (χ2n) is 5.90. The molecule has 128 valence electrons. The van der Waals surface area contributed by atoms with Gasteiger partial charge in [0.15, 0.2) is 5.78 Å². The van der Waals surface area contributed by atoms with Gasteiger partial charge in [-0.2, -0.15) is 0 Å². The molecule has 3 N–H and O–H groups in total. The number of hydrogen-bond donors (Lipinski definition) is 2. The molecule has 1 amide bonds. The van der Waals surface area contributed by atoms with Crippen molar-refractivity contribution in [2.45, 2.75) is 39.2 Å². The lowest BCUT2D eigenvalue weighted by atomic mass is 10.0. The predicted molar refractivity (Wildman–Crippen MR) is 94.7 cm³/mol. The van der Waals surface area contributed by atoms with Gasteiger partial charge in [0.05, 0.1) is 12.7 Å². The van der Waals surface area contributed by atoms with Crippen LogP contribution in [0.5, 0.6) is 5.75 Å². The number of benzene rings is 1. The first kappa shape index (κ1) is 19.6. The summed E-state index contributed by atoms with van der Waals surface area (Å²) in [5, 5.41) is 2.89. The Bertz CT molecular complexity index is 547. The highest BCUT2D eigenvalue weighted by atomic mass is 79.9. The zero-order valence-corrected chi connectivity index (χ0v) is 15.5. The molecule has 0 radical (unpaired) electrons. The largest absolute Gasteiger partial charge is 0.496 e. The smallest absolute Gasteiger partial charge is 0.220 e. The van der Waals surface area contributed by atoms with Crippen molar-refractivity contribution >= 4 is 27.6 Å². The number of hydrogen-bond acceptors (Lipinski definition) is 4. The van der Waals surface area contributed by atoms with Crippen molar-refractivity contribution in [1.29, 1.82) is 0 Å². The number of halogens is 1. The maximum absolute atomic E-state index is 12.3. The molecule has 0 fully saturated rings. The molecule has 1 rings (SSSR count). The molecule has 0 saturated carbocycles. The fourth-order valence-electron chi connectivity index (χ4n) is 2.34. The molecule has 0 heterocycles. The van der Waals surface area contributed by atoms with E-state index >= 15 is 0 Å². The first-order valence-corrected chi connectivity index (χ1v) is 8.52. The van der Waals surface area contributed by atoms with Crippen LogP contribution < -0.4 is 15.8 Å². The van der Waals surface area contributed by atoms with Gasteiger partial charge in [0, 0.05) is 29.9 Å². The molecular weight excluding hydrogens is 360 g/mol. The number of Topliss-reactive ketones (excluding diaryl/α,β-unsaturated/α-hetero) is 1. The van der Waals surface area contributed by atoms with Crippen LogP contribution in [0.15, 0.2) is 22.7 Å². The first-order chi connectivity index (χ1) is 10.9. The Morgan fingerprint density at radius 1 is 1.30 bits per heavy atom. The molecule has 1 atom stereocenters. The second-order valence-corrected chi connectivity index (χ2v) is 6.81. The number of nitrogens with two attached hydrogens (primary N) is 1. The molecular formula is C17H25BrN2O3. The highest BCUT2D eigenvalue weighted by Gasteiger charge is 2.16. The van der Waals surface area contributed by atoms with Gasteiger partial charge >= 0.3 is 0 Å². The maximum Gasteiger partial charge on any atom is 0.220 e. The summed E-state index contributed by atoms with van der Waals surface area (Å²) in [5.41, 5.74) is 6.15. The Morgan fingerprint density at radius 2 is 2.00 bits per heavy atom. The van der Waals surface area contributed by atoms with Gasteiger partial charge in [-0.05, 0) is 30.5 Å². The maximum atomic E-state index is 12.3. The molecule has 0 aliphatic heterocycles. The van der Waals surface area contributed by atoms with Gasteiger partial charge in [-0.25, -0.2) is 0 Å². The molecule has 0 spiro atoms. The molecule has 23 heavy (non-hydrogen) atoms. The summed E-state index contributed by atoms with van der Waals surface area (Å²) in [7, 11) is 1.52. The Morgan fingerprint density at radius 3 is 2.57 bits per heavy atom. The summed E-state index contributed by atoms with van der Waals surface area (Å²) in [6.07, 6.45) is 1.11. The van der Waals surface area contributed by atoms with Crippen LogP contribution in [0, 0.1) is 5.92 Å². The van der Waals surface area contributed by atoms with Gasteiger partial charge in [0.2, 0.25) is 5.91 Å². The summed E-state index contributed by atoms with van der Waals surface area (Å²) >= 11 is 3.34. The molecule has 0 aliphatic carbocycles. The molecule has 0 aromatic heterocycles. The van der Waals surface area contributed by atoms with Crippen LogP contribution in [-0.2, 0) is 4.79 Å². The minimum atomic E-state index is -0.150. The van der Waals surface area contributed by atoms with Crippen LogP contribution in [0.25, 0.3) is 0 Å². The lowest BCUT2D eigenvalue weighted by Gasteiger charge is -2.18. The minimum absolute atomic E-state index is 0.0435. The van der Waals surface area contributed by atoms with E-state index in [1.54, 1.807) is 18.2 Å². The van der Waals surface area contributed by atoms with Crippen LogP contribution >= 0.6 is 15.9 Å². The number of carbonyl (C=O) groups is 2. The molecule has 0 bridgehead atoms. The van der Waals surface area contributed by atoms with E-state index in [0.29, 0.717) is 23.8 Å². The van der Waals surface area contributed by atoms with Crippen molar-refractivity contribution in [2.24, 2.45) is 11.7 Å². The third-order valence-corrected chi connectivity index (χ3v) is 3.94. The van der Waals surface area contributed by atoms with Crippen LogP contribution in [-0.4, -0.2) is 31.4 Å². The van der Waals surface area contributed by atoms with E-state index in [0.717, 1.165) is 10.9 Å². The third-order valence-electron chi connectivity index (χ3n) is 3.45. The number of ketones is 1. The van der Waals surface area contributed by atoms with E-state index in [2.05, 4.69) is 35.1 Å². The third kappa shape index (κ3) is 6.71. The van der Waals surface area contributed by atoms with Crippen LogP contribution in [0.4, 0.5) is 0 Å².